The van der Waals surface area contributed by atoms with Gasteiger partial charge in [-0.05, 0) is 97.1 Å². The topological polar surface area (TPSA) is 51.6 Å². The lowest BCUT2D eigenvalue weighted by atomic mass is 10.1. The third-order valence-corrected chi connectivity index (χ3v) is 8.19. The second kappa shape index (κ2) is 11.3. The number of benzene rings is 4. The normalized spacial score (nSPS) is 10.7. The van der Waals surface area contributed by atoms with Crippen LogP contribution in [-0.4, -0.2) is 19.9 Å². The molecule has 0 radical (unpaired) electrons. The second-order valence-corrected chi connectivity index (χ2v) is 11.3. The van der Waals surface area contributed by atoms with E-state index in [0.717, 1.165) is 65.2 Å². The summed E-state index contributed by atoms with van der Waals surface area (Å²) in [5.74, 6) is 0. The maximum atomic E-state index is 4.94. The Bertz CT molecular complexity index is 2520. The van der Waals surface area contributed by atoms with Crippen LogP contribution in [0.15, 0.2) is 121 Å². The number of hydrogen-bond donors (Lipinski definition) is 0. The molecule has 0 amide bonds. The van der Waals surface area contributed by atoms with Crippen molar-refractivity contribution in [1.29, 1.82) is 0 Å². The molecule has 216 valence electrons. The first-order chi connectivity index (χ1) is 23.7. The molecule has 5 aromatic heterocycles. The minimum absolute atomic E-state index is 0.646. The highest BCUT2D eigenvalue weighted by Gasteiger charge is 2.05. The van der Waals surface area contributed by atoms with E-state index in [0.29, 0.717) is 22.1 Å². The summed E-state index contributed by atoms with van der Waals surface area (Å²) in [5.41, 5.74) is 5.71. The van der Waals surface area contributed by atoms with Crippen molar-refractivity contribution in [3.8, 4) is 0 Å². The van der Waals surface area contributed by atoms with Gasteiger partial charge in [-0.15, -0.1) is 0 Å². The van der Waals surface area contributed by atoms with Crippen LogP contribution in [-0.2, 0) is 0 Å². The molecule has 9 aromatic rings. The Hall–Kier alpha value is -7.24. The van der Waals surface area contributed by atoms with Gasteiger partial charge in [-0.25, -0.2) is 19.9 Å². The fourth-order valence-corrected chi connectivity index (χ4v) is 5.74. The molecule has 0 fully saturated rings. The largest absolute Gasteiger partial charge is 0.237 e. The minimum atomic E-state index is 0.646. The summed E-state index contributed by atoms with van der Waals surface area (Å²) in [6.45, 7) is 0. The summed E-state index contributed by atoms with van der Waals surface area (Å²) >= 11 is 0. The molecule has 0 N–H and O–H groups in total. The quantitative estimate of drug-likeness (QED) is 0.162. The monoisotopic (exact) mass is 604 g/mol. The minimum Gasteiger partial charge on any atom is -0.237 e. The van der Waals surface area contributed by atoms with Crippen molar-refractivity contribution in [2.75, 3.05) is 0 Å². The second-order valence-electron chi connectivity index (χ2n) is 11.3. The van der Waals surface area contributed by atoms with Gasteiger partial charge in [0.25, 0.3) is 0 Å². The zero-order valence-corrected chi connectivity index (χ0v) is 25.3. The van der Waals surface area contributed by atoms with Crippen molar-refractivity contribution < 1.29 is 0 Å². The summed E-state index contributed by atoms with van der Waals surface area (Å²) in [7, 11) is 0. The third kappa shape index (κ3) is 5.04. The van der Waals surface area contributed by atoms with Gasteiger partial charge < -0.3 is 0 Å². The molecule has 4 aromatic carbocycles. The summed E-state index contributed by atoms with van der Waals surface area (Å²) in [6.07, 6.45) is 0. The lowest BCUT2D eigenvalue weighted by molar-refractivity contribution is 1.45. The number of rotatable bonds is 0. The van der Waals surface area contributed by atoms with Gasteiger partial charge in [0.1, 0.15) is 22.1 Å². The van der Waals surface area contributed by atoms with E-state index < -0.39 is 0 Å². The SMILES string of the molecule is c1c2ccc3ccc4ccc(c#cc5ccccc5c#cc5ccc6ccc7ccc(c#cc8ccccc8c#1)nc7c6n5)nc4c3n2. The van der Waals surface area contributed by atoms with Crippen molar-refractivity contribution in [2.24, 2.45) is 0 Å². The van der Waals surface area contributed by atoms with E-state index >= 15 is 0 Å². The number of nitrogens with zero attached hydrogens (tertiary/aromatic N) is 4. The maximum absolute atomic E-state index is 4.94. The van der Waals surface area contributed by atoms with Gasteiger partial charge in [-0.1, -0.05) is 72.8 Å². The van der Waals surface area contributed by atoms with Gasteiger partial charge in [0.2, 0.25) is 0 Å². The van der Waals surface area contributed by atoms with Gasteiger partial charge in [-0.2, -0.15) is 0 Å². The van der Waals surface area contributed by atoms with Crippen LogP contribution in [0.1, 0.15) is 0 Å². The Morgan fingerprint density at radius 2 is 0.479 bits per heavy atom. The van der Waals surface area contributed by atoms with E-state index in [1.807, 2.05) is 97.1 Å². The predicted molar refractivity (Wildman–Crippen MR) is 192 cm³/mol. The van der Waals surface area contributed by atoms with Gasteiger partial charge in [0, 0.05) is 43.1 Å². The molecule has 0 spiro atoms. The van der Waals surface area contributed by atoms with Crippen LogP contribution in [0.25, 0.3) is 87.2 Å². The third-order valence-electron chi connectivity index (χ3n) is 8.19. The molecule has 5 heterocycles. The Kier molecular flexibility index (Phi) is 6.37. The molecular formula is C44H20N4. The average Bonchev–Trinajstić information content (AvgIpc) is 3.14. The molecule has 0 saturated heterocycles. The van der Waals surface area contributed by atoms with E-state index in [1.54, 1.807) is 0 Å². The molecule has 0 aliphatic rings. The Morgan fingerprint density at radius 3 is 0.729 bits per heavy atom. The maximum Gasteiger partial charge on any atom is 0.114 e. The van der Waals surface area contributed by atoms with Crippen LogP contribution in [0, 0.1) is 48.5 Å². The van der Waals surface area contributed by atoms with E-state index in [4.69, 9.17) is 19.9 Å². The fraction of sp³-hybridized carbons (Fsp3) is 0. The highest BCUT2D eigenvalue weighted by atomic mass is 14.8. The highest BCUT2D eigenvalue weighted by Crippen LogP contribution is 2.24. The molecule has 0 unspecified atom stereocenters. The summed E-state index contributed by atoms with van der Waals surface area (Å²) in [6, 6.07) is 66.0. The molecule has 8 bridgehead atoms. The Balaban J connectivity index is 1.37. The van der Waals surface area contributed by atoms with E-state index in [-0.39, 0.29) is 0 Å². The number of hydrogen-bond acceptors (Lipinski definition) is 4. The lowest BCUT2D eigenvalue weighted by Crippen LogP contribution is -1.85. The van der Waals surface area contributed by atoms with Crippen molar-refractivity contribution in [1.82, 2.24) is 19.9 Å². The number of aromatic nitrogens is 4. The molecule has 0 atom stereocenters. The van der Waals surface area contributed by atoms with Crippen molar-refractivity contribution in [2.45, 2.75) is 0 Å². The van der Waals surface area contributed by atoms with E-state index in [2.05, 4.69) is 72.8 Å². The molecule has 48 heavy (non-hydrogen) atoms. The highest BCUT2D eigenvalue weighted by molar-refractivity contribution is 6.05. The molecule has 0 aliphatic heterocycles. The zero-order valence-electron chi connectivity index (χ0n) is 25.3. The summed E-state index contributed by atoms with van der Waals surface area (Å²) in [5, 5.41) is 7.18. The van der Waals surface area contributed by atoms with Crippen molar-refractivity contribution in [3.63, 3.8) is 0 Å². The van der Waals surface area contributed by atoms with Gasteiger partial charge in [0.05, 0.1) is 22.1 Å². The first-order valence-electron chi connectivity index (χ1n) is 15.4. The van der Waals surface area contributed by atoms with Crippen LogP contribution in [0.2, 0.25) is 0 Å². The number of fused-ring (bicyclic) bond motifs is 6. The van der Waals surface area contributed by atoms with E-state index in [9.17, 15) is 0 Å². The smallest absolute Gasteiger partial charge is 0.114 e. The first-order valence-corrected chi connectivity index (χ1v) is 15.4. The molecule has 4 heteroatoms. The zero-order chi connectivity index (χ0) is 31.9. The summed E-state index contributed by atoms with van der Waals surface area (Å²) in [4.78, 5) is 19.8. The Labute approximate surface area is 276 Å². The van der Waals surface area contributed by atoms with E-state index in [1.165, 1.54) is 0 Å². The molecule has 0 saturated carbocycles. The Morgan fingerprint density at radius 1 is 0.250 bits per heavy atom. The first kappa shape index (κ1) is 27.1. The standard InChI is InChI=1S/C44H20N4/c1-2-6-30-14-22-38-26-18-34-11-12-36-20-28-40(48-44(36)43(34)46-38)24-16-32-8-4-3-7-31(32)15-23-39-27-19-35-10-9-33-17-25-37(21-13-29(30)5-1)45-41(33)42(35)47-39/h1-12,17-20,25-28H. The average molecular weight is 605 g/mol. The molecular weight excluding hydrogens is 585 g/mol. The van der Waals surface area contributed by atoms with Crippen LogP contribution >= 0.6 is 0 Å². The van der Waals surface area contributed by atoms with Crippen molar-refractivity contribution >= 4 is 87.2 Å². The van der Waals surface area contributed by atoms with Gasteiger partial charge >= 0.3 is 0 Å². The molecule has 0 aliphatic carbocycles. The van der Waals surface area contributed by atoms with Gasteiger partial charge in [-0.3, -0.25) is 0 Å². The molecule has 4 nitrogen and oxygen atoms in total. The molecule has 9 rings (SSSR count). The summed E-state index contributed by atoms with van der Waals surface area (Å²) < 4.78 is 0. The van der Waals surface area contributed by atoms with Crippen LogP contribution < -0.4 is 0 Å². The number of pyridine rings is 4. The fourth-order valence-electron chi connectivity index (χ4n) is 5.74. The van der Waals surface area contributed by atoms with Crippen LogP contribution in [0.3, 0.4) is 0 Å². The van der Waals surface area contributed by atoms with Gasteiger partial charge in [0.15, 0.2) is 0 Å². The van der Waals surface area contributed by atoms with Crippen LogP contribution in [0.4, 0.5) is 0 Å². The lowest BCUT2D eigenvalue weighted by Gasteiger charge is -2.02. The van der Waals surface area contributed by atoms with Crippen molar-refractivity contribution in [3.05, 3.63) is 170 Å². The predicted octanol–water partition coefficient (Wildman–Crippen LogP) is 9.70. The van der Waals surface area contributed by atoms with Crippen LogP contribution in [0.5, 0.6) is 0 Å².